The van der Waals surface area contributed by atoms with Crippen molar-refractivity contribution in [3.8, 4) is 5.75 Å². The smallest absolute Gasteiger partial charge is 0.274 e. The minimum absolute atomic E-state index is 0.00910. The van der Waals surface area contributed by atoms with Crippen LogP contribution in [0.1, 0.15) is 47.8 Å². The number of halogens is 1. The first-order valence-electron chi connectivity index (χ1n) is 8.04. The fourth-order valence-corrected chi connectivity index (χ4v) is 3.36. The topological polar surface area (TPSA) is 26.3 Å². The summed E-state index contributed by atoms with van der Waals surface area (Å²) in [7, 11) is -0.954. The largest absolute Gasteiger partial charge is 0.542 e. The molecule has 2 rings (SSSR count). The summed E-state index contributed by atoms with van der Waals surface area (Å²) in [5, 5.41) is 0.785. The van der Waals surface area contributed by atoms with E-state index in [-0.39, 0.29) is 11.2 Å². The van der Waals surface area contributed by atoms with Crippen LogP contribution in [0.15, 0.2) is 42.5 Å². The summed E-state index contributed by atoms with van der Waals surface area (Å²) in [6.45, 7) is 10.6. The van der Waals surface area contributed by atoms with Gasteiger partial charge in [-0.15, -0.1) is 0 Å². The number of alkyl halides is 1. The molecule has 0 N–H and O–H groups in total. The van der Waals surface area contributed by atoms with Gasteiger partial charge >= 0.3 is 0 Å². The van der Waals surface area contributed by atoms with Gasteiger partial charge in [0.25, 0.3) is 9.04 Å². The minimum Gasteiger partial charge on any atom is -0.542 e. The van der Waals surface area contributed by atoms with E-state index in [1.165, 1.54) is 5.56 Å². The number of rotatable bonds is 5. The van der Waals surface area contributed by atoms with Gasteiger partial charge in [0.1, 0.15) is 5.75 Å². The predicted molar refractivity (Wildman–Crippen MR) is 106 cm³/mol. The summed E-state index contributed by atoms with van der Waals surface area (Å²) in [6.07, 6.45) is 0. The van der Waals surface area contributed by atoms with Crippen molar-refractivity contribution in [3.63, 3.8) is 0 Å². The van der Waals surface area contributed by atoms with Crippen molar-refractivity contribution >= 4 is 30.8 Å². The summed E-state index contributed by atoms with van der Waals surface area (Å²) in [5.74, 6) is 0.714. The molecule has 24 heavy (non-hydrogen) atoms. The number of hydrogen-bond acceptors (Lipinski definition) is 2. The predicted octanol–water partition coefficient (Wildman–Crippen LogP) is 5.74. The molecule has 127 valence electrons. The standard InChI is InChI=1S/C20H24BrO2Si/c1-20(2,3)16-10-11-17(18(12-16)23-24(4)5)19(22)15-8-6-14(13-21)7-9-15/h6-12H,13H2,1-5H3. The highest BCUT2D eigenvalue weighted by atomic mass is 79.9. The maximum Gasteiger partial charge on any atom is 0.274 e. The van der Waals surface area contributed by atoms with Gasteiger partial charge in [-0.3, -0.25) is 4.79 Å². The van der Waals surface area contributed by atoms with Gasteiger partial charge in [-0.25, -0.2) is 0 Å². The molecular weight excluding hydrogens is 380 g/mol. The van der Waals surface area contributed by atoms with Crippen molar-refractivity contribution in [2.75, 3.05) is 0 Å². The van der Waals surface area contributed by atoms with Gasteiger partial charge in [-0.2, -0.15) is 0 Å². The van der Waals surface area contributed by atoms with Gasteiger partial charge in [-0.1, -0.05) is 67.0 Å². The van der Waals surface area contributed by atoms with Gasteiger partial charge in [0.05, 0.1) is 5.56 Å². The molecule has 2 aromatic carbocycles. The molecule has 0 saturated carbocycles. The molecule has 0 aliphatic rings. The first-order chi connectivity index (χ1) is 11.2. The number of carbonyl (C=O) groups is 1. The lowest BCUT2D eigenvalue weighted by atomic mass is 9.86. The lowest BCUT2D eigenvalue weighted by molar-refractivity contribution is 0.103. The van der Waals surface area contributed by atoms with E-state index < -0.39 is 9.04 Å². The van der Waals surface area contributed by atoms with E-state index in [9.17, 15) is 4.79 Å². The molecule has 0 aromatic heterocycles. The Bertz CT molecular complexity index is 715. The van der Waals surface area contributed by atoms with Crippen molar-refractivity contribution in [1.82, 2.24) is 0 Å². The van der Waals surface area contributed by atoms with Crippen molar-refractivity contribution in [2.24, 2.45) is 0 Å². The van der Waals surface area contributed by atoms with Crippen molar-refractivity contribution in [1.29, 1.82) is 0 Å². The van der Waals surface area contributed by atoms with Gasteiger partial charge in [0, 0.05) is 10.9 Å². The van der Waals surface area contributed by atoms with Crippen LogP contribution in [0.3, 0.4) is 0 Å². The second-order valence-corrected chi connectivity index (χ2v) is 9.71. The Labute approximate surface area is 155 Å². The molecule has 0 atom stereocenters. The first kappa shape index (κ1) is 18.9. The molecule has 0 bridgehead atoms. The third kappa shape index (κ3) is 4.58. The monoisotopic (exact) mass is 403 g/mol. The Hall–Kier alpha value is -1.39. The van der Waals surface area contributed by atoms with Gasteiger partial charge < -0.3 is 4.43 Å². The summed E-state index contributed by atoms with van der Waals surface area (Å²) in [4.78, 5) is 12.9. The highest BCUT2D eigenvalue weighted by Crippen LogP contribution is 2.30. The van der Waals surface area contributed by atoms with E-state index in [4.69, 9.17) is 4.43 Å². The van der Waals surface area contributed by atoms with E-state index in [0.29, 0.717) is 16.9 Å². The van der Waals surface area contributed by atoms with Gasteiger partial charge in [0.2, 0.25) is 0 Å². The van der Waals surface area contributed by atoms with Crippen LogP contribution in [0, 0.1) is 0 Å². The highest BCUT2D eigenvalue weighted by Gasteiger charge is 2.20. The molecule has 0 spiro atoms. The second kappa shape index (κ2) is 7.66. The number of benzene rings is 2. The minimum atomic E-state index is -0.954. The number of ketones is 1. The van der Waals surface area contributed by atoms with Crippen LogP contribution in [0.5, 0.6) is 5.75 Å². The second-order valence-electron chi connectivity index (χ2n) is 7.13. The SMILES string of the molecule is C[Si](C)Oc1cc(C(C)(C)C)ccc1C(=O)c1ccc(CBr)cc1. The Kier molecular flexibility index (Phi) is 6.05. The molecule has 0 fully saturated rings. The third-order valence-corrected chi connectivity index (χ3v) is 5.05. The lowest BCUT2D eigenvalue weighted by Crippen LogP contribution is -2.17. The molecule has 0 amide bonds. The zero-order valence-corrected chi connectivity index (χ0v) is 17.5. The summed E-state index contributed by atoms with van der Waals surface area (Å²) in [6, 6.07) is 13.7. The van der Waals surface area contributed by atoms with Crippen LogP contribution in [0.25, 0.3) is 0 Å². The van der Waals surface area contributed by atoms with E-state index in [1.807, 2.05) is 42.5 Å². The third-order valence-electron chi connectivity index (χ3n) is 3.78. The van der Waals surface area contributed by atoms with Crippen LogP contribution in [0.2, 0.25) is 13.1 Å². The first-order valence-corrected chi connectivity index (χ1v) is 11.6. The zero-order chi connectivity index (χ0) is 17.9. The van der Waals surface area contributed by atoms with Gasteiger partial charge in [-0.05, 0) is 41.8 Å². The van der Waals surface area contributed by atoms with Crippen molar-refractivity contribution in [3.05, 3.63) is 64.7 Å². The van der Waals surface area contributed by atoms with Crippen molar-refractivity contribution < 1.29 is 9.22 Å². The molecule has 0 unspecified atom stereocenters. The molecule has 4 heteroatoms. The maximum absolute atomic E-state index is 12.9. The fraction of sp³-hybridized carbons (Fsp3) is 0.350. The number of carbonyl (C=O) groups excluding carboxylic acids is 1. The van der Waals surface area contributed by atoms with E-state index >= 15 is 0 Å². The summed E-state index contributed by atoms with van der Waals surface area (Å²) >= 11 is 3.43. The van der Waals surface area contributed by atoms with Crippen LogP contribution < -0.4 is 4.43 Å². The van der Waals surface area contributed by atoms with Crippen LogP contribution in [-0.2, 0) is 10.7 Å². The Morgan fingerprint density at radius 2 is 1.71 bits per heavy atom. The van der Waals surface area contributed by atoms with E-state index in [1.54, 1.807) is 0 Å². The molecule has 0 heterocycles. The van der Waals surface area contributed by atoms with E-state index in [2.05, 4.69) is 49.8 Å². The lowest BCUT2D eigenvalue weighted by Gasteiger charge is -2.22. The average molecular weight is 404 g/mol. The van der Waals surface area contributed by atoms with Crippen LogP contribution >= 0.6 is 15.9 Å². The Morgan fingerprint density at radius 3 is 2.21 bits per heavy atom. The van der Waals surface area contributed by atoms with Crippen LogP contribution in [0.4, 0.5) is 0 Å². The van der Waals surface area contributed by atoms with Gasteiger partial charge in [0.15, 0.2) is 5.78 Å². The molecule has 2 nitrogen and oxygen atoms in total. The molecule has 0 aliphatic heterocycles. The fourth-order valence-electron chi connectivity index (χ4n) is 2.38. The molecular formula is C20H24BrO2Si. The molecule has 2 aromatic rings. The molecule has 0 aliphatic carbocycles. The molecule has 0 saturated heterocycles. The zero-order valence-electron chi connectivity index (χ0n) is 14.9. The number of hydrogen-bond donors (Lipinski definition) is 0. The summed E-state index contributed by atoms with van der Waals surface area (Å²) in [5.41, 5.74) is 3.67. The highest BCUT2D eigenvalue weighted by molar-refractivity contribution is 9.08. The average Bonchev–Trinajstić information content (AvgIpc) is 2.53. The Balaban J connectivity index is 2.44. The van der Waals surface area contributed by atoms with Crippen LogP contribution in [-0.4, -0.2) is 14.8 Å². The maximum atomic E-state index is 12.9. The Morgan fingerprint density at radius 1 is 1.08 bits per heavy atom. The normalized spacial score (nSPS) is 11.6. The summed E-state index contributed by atoms with van der Waals surface area (Å²) < 4.78 is 6.04. The quantitative estimate of drug-likeness (QED) is 0.361. The van der Waals surface area contributed by atoms with E-state index in [0.717, 1.165) is 10.9 Å². The molecule has 1 radical (unpaired) electrons. The van der Waals surface area contributed by atoms with Crippen molar-refractivity contribution in [2.45, 2.75) is 44.6 Å².